The van der Waals surface area contributed by atoms with Crippen molar-refractivity contribution in [3.8, 4) is 10.6 Å². The zero-order valence-electron chi connectivity index (χ0n) is 16.3. The Morgan fingerprint density at radius 2 is 2.17 bits per heavy atom. The lowest BCUT2D eigenvalue weighted by atomic mass is 9.97. The van der Waals surface area contributed by atoms with Crippen molar-refractivity contribution < 1.29 is 22.3 Å². The van der Waals surface area contributed by atoms with E-state index in [0.29, 0.717) is 39.6 Å². The van der Waals surface area contributed by atoms with Gasteiger partial charge in [-0.05, 0) is 43.0 Å². The van der Waals surface area contributed by atoms with Crippen LogP contribution >= 0.6 is 11.3 Å². The fraction of sp³-hybridized carbons (Fsp3) is 0.500. The molecule has 2 aromatic heterocycles. The Bertz CT molecular complexity index is 1010. The monoisotopic (exact) mass is 438 g/mol. The highest BCUT2D eigenvalue weighted by atomic mass is 32.1. The average Bonchev–Trinajstić information content (AvgIpc) is 3.29. The van der Waals surface area contributed by atoms with Gasteiger partial charge in [0.2, 0.25) is 0 Å². The molecule has 10 heteroatoms. The van der Waals surface area contributed by atoms with Crippen LogP contribution in [0.4, 0.5) is 19.2 Å². The van der Waals surface area contributed by atoms with E-state index in [2.05, 4.69) is 20.2 Å². The van der Waals surface area contributed by atoms with E-state index >= 15 is 0 Å². The Labute approximate surface area is 175 Å². The summed E-state index contributed by atoms with van der Waals surface area (Å²) in [6, 6.07) is 3.68. The predicted octanol–water partition coefficient (Wildman–Crippen LogP) is 4.39. The number of rotatable bonds is 4. The number of thiazole rings is 1. The number of fused-ring (bicyclic) bond motifs is 5. The maximum Gasteiger partial charge on any atom is 0.418 e. The molecule has 160 valence electrons. The Morgan fingerprint density at radius 1 is 1.30 bits per heavy atom. The second-order valence-corrected chi connectivity index (χ2v) is 8.76. The highest BCUT2D eigenvalue weighted by Crippen LogP contribution is 2.41. The summed E-state index contributed by atoms with van der Waals surface area (Å²) in [6.07, 6.45) is -2.70. The van der Waals surface area contributed by atoms with Crippen LogP contribution in [0.2, 0.25) is 0 Å². The number of methoxy groups -OCH3 is 1. The Hall–Kier alpha value is -2.17. The van der Waals surface area contributed by atoms with Crippen LogP contribution in [0.15, 0.2) is 28.1 Å². The third-order valence-electron chi connectivity index (χ3n) is 5.81. The third kappa shape index (κ3) is 3.57. The maximum atomic E-state index is 13.5. The molecule has 1 aromatic carbocycles. The van der Waals surface area contributed by atoms with Gasteiger partial charge < -0.3 is 19.4 Å². The minimum atomic E-state index is -4.54. The van der Waals surface area contributed by atoms with Crippen molar-refractivity contribution >= 4 is 28.5 Å². The summed E-state index contributed by atoms with van der Waals surface area (Å²) in [7, 11) is 1.06. The van der Waals surface area contributed by atoms with Crippen LogP contribution in [-0.2, 0) is 4.74 Å². The number of alkyl halides is 3. The van der Waals surface area contributed by atoms with Crippen molar-refractivity contribution in [2.24, 2.45) is 5.92 Å². The molecule has 2 bridgehead atoms. The van der Waals surface area contributed by atoms with Gasteiger partial charge in [-0.2, -0.15) is 18.2 Å². The topological polar surface area (TPSA) is 63.4 Å². The van der Waals surface area contributed by atoms with Gasteiger partial charge in [-0.3, -0.25) is 0 Å². The van der Waals surface area contributed by atoms with E-state index in [1.807, 2.05) is 0 Å². The normalized spacial score (nSPS) is 23.1. The van der Waals surface area contributed by atoms with Gasteiger partial charge in [-0.25, -0.2) is 4.98 Å². The number of hydrogen-bond donors (Lipinski definition) is 1. The molecule has 3 aliphatic rings. The predicted molar refractivity (Wildman–Crippen MR) is 108 cm³/mol. The summed E-state index contributed by atoms with van der Waals surface area (Å²) in [6.45, 7) is 2.56. The van der Waals surface area contributed by atoms with Gasteiger partial charge in [-0.1, -0.05) is 0 Å². The molecule has 3 aliphatic heterocycles. The minimum absolute atomic E-state index is 0.0137. The number of halogens is 3. The molecular formula is C20H21F3N4O2S. The van der Waals surface area contributed by atoms with Gasteiger partial charge in [0.05, 0.1) is 5.56 Å². The Balaban J connectivity index is 1.62. The lowest BCUT2D eigenvalue weighted by Gasteiger charge is -2.22. The van der Waals surface area contributed by atoms with Crippen LogP contribution in [0.3, 0.4) is 0 Å². The molecule has 0 spiro atoms. The maximum absolute atomic E-state index is 13.5. The van der Waals surface area contributed by atoms with E-state index in [9.17, 15) is 13.2 Å². The molecule has 3 atom stereocenters. The first-order valence-electron chi connectivity index (χ1n) is 9.84. The summed E-state index contributed by atoms with van der Waals surface area (Å²) < 4.78 is 51.5. The third-order valence-corrected chi connectivity index (χ3v) is 6.61. The number of oxazole rings is 1. The van der Waals surface area contributed by atoms with Gasteiger partial charge in [0.15, 0.2) is 11.7 Å². The van der Waals surface area contributed by atoms with E-state index in [1.165, 1.54) is 23.5 Å². The number of hydrogen-bond acceptors (Lipinski definition) is 7. The van der Waals surface area contributed by atoms with Crippen molar-refractivity contribution in [1.29, 1.82) is 0 Å². The molecule has 6 nitrogen and oxygen atoms in total. The first-order valence-corrected chi connectivity index (χ1v) is 10.7. The zero-order valence-corrected chi connectivity index (χ0v) is 17.1. The van der Waals surface area contributed by atoms with Gasteiger partial charge >= 0.3 is 6.18 Å². The van der Waals surface area contributed by atoms with Gasteiger partial charge in [0.25, 0.3) is 6.01 Å². The number of anilines is 1. The van der Waals surface area contributed by atoms with Crippen molar-refractivity contribution in [2.75, 3.05) is 31.6 Å². The molecule has 0 saturated carbocycles. The summed E-state index contributed by atoms with van der Waals surface area (Å²) in [5.74, 6) is 0.510. The molecule has 30 heavy (non-hydrogen) atoms. The van der Waals surface area contributed by atoms with E-state index in [1.54, 1.807) is 11.6 Å². The molecule has 6 rings (SSSR count). The minimum Gasteiger partial charge on any atom is -0.423 e. The second-order valence-electron chi connectivity index (χ2n) is 7.86. The first kappa shape index (κ1) is 19.8. The van der Waals surface area contributed by atoms with Crippen LogP contribution in [0.25, 0.3) is 21.7 Å². The largest absolute Gasteiger partial charge is 0.423 e. The summed E-state index contributed by atoms with van der Waals surface area (Å²) in [4.78, 5) is 11.0. The van der Waals surface area contributed by atoms with E-state index in [4.69, 9.17) is 9.15 Å². The average molecular weight is 438 g/mol. The SMILES string of the molecule is COC(c1cc(-c2nccs2)c2oc(N3CC4CCC(C3)NC4)nc2c1)C(F)(F)F. The van der Waals surface area contributed by atoms with E-state index < -0.39 is 12.3 Å². The summed E-state index contributed by atoms with van der Waals surface area (Å²) >= 11 is 1.34. The lowest BCUT2D eigenvalue weighted by Crippen LogP contribution is -2.39. The second kappa shape index (κ2) is 7.51. The molecule has 0 amide bonds. The lowest BCUT2D eigenvalue weighted by molar-refractivity contribution is -0.215. The standard InChI is InChI=1S/C20H21F3N4O2S/c1-28-17(20(21,22)23)12-6-14(18-24-4-5-30-18)16-15(7-12)26-19(29-16)27-9-11-2-3-13(10-27)25-8-11/h4-7,11,13,17,25H,2-3,8-10H2,1H3. The number of piperidine rings is 1. The molecule has 5 heterocycles. The smallest absolute Gasteiger partial charge is 0.418 e. The molecular weight excluding hydrogens is 417 g/mol. The Morgan fingerprint density at radius 3 is 2.83 bits per heavy atom. The van der Waals surface area contributed by atoms with Crippen LogP contribution in [0.1, 0.15) is 24.5 Å². The summed E-state index contributed by atoms with van der Waals surface area (Å²) in [5.41, 5.74) is 1.31. The molecule has 0 aliphatic carbocycles. The highest BCUT2D eigenvalue weighted by Gasteiger charge is 2.42. The fourth-order valence-corrected chi connectivity index (χ4v) is 5.05. The number of ether oxygens (including phenoxy) is 1. The van der Waals surface area contributed by atoms with Crippen molar-refractivity contribution in [1.82, 2.24) is 15.3 Å². The van der Waals surface area contributed by atoms with Crippen molar-refractivity contribution in [2.45, 2.75) is 31.2 Å². The zero-order chi connectivity index (χ0) is 20.9. The fourth-order valence-electron chi connectivity index (χ4n) is 4.40. The van der Waals surface area contributed by atoms with Crippen molar-refractivity contribution in [3.63, 3.8) is 0 Å². The number of nitrogens with one attached hydrogen (secondary N) is 1. The highest BCUT2D eigenvalue weighted by molar-refractivity contribution is 7.13. The van der Waals surface area contributed by atoms with Crippen LogP contribution in [-0.4, -0.2) is 48.9 Å². The molecule has 3 saturated heterocycles. The first-order chi connectivity index (χ1) is 14.4. The molecule has 1 N–H and O–H groups in total. The van der Waals surface area contributed by atoms with Crippen LogP contribution in [0.5, 0.6) is 0 Å². The number of benzene rings is 1. The molecule has 3 aromatic rings. The molecule has 0 radical (unpaired) electrons. The van der Waals surface area contributed by atoms with Gasteiger partial charge in [0, 0.05) is 37.8 Å². The van der Waals surface area contributed by atoms with Crippen LogP contribution < -0.4 is 10.2 Å². The van der Waals surface area contributed by atoms with E-state index in [0.717, 1.165) is 39.6 Å². The molecule has 3 fully saturated rings. The van der Waals surface area contributed by atoms with Gasteiger partial charge in [0.1, 0.15) is 10.5 Å². The van der Waals surface area contributed by atoms with Crippen molar-refractivity contribution in [3.05, 3.63) is 29.3 Å². The quantitative estimate of drug-likeness (QED) is 0.652. The summed E-state index contributed by atoms with van der Waals surface area (Å²) in [5, 5.41) is 5.90. The van der Waals surface area contributed by atoms with Crippen LogP contribution in [0, 0.1) is 5.92 Å². The number of aromatic nitrogens is 2. The number of nitrogens with zero attached hydrogens (tertiary/aromatic N) is 3. The van der Waals surface area contributed by atoms with Gasteiger partial charge in [-0.15, -0.1) is 11.3 Å². The Kier molecular flexibility index (Phi) is 4.95. The molecule has 3 unspecified atom stereocenters. The van der Waals surface area contributed by atoms with E-state index in [-0.39, 0.29) is 5.56 Å².